The third-order valence-electron chi connectivity index (χ3n) is 4.50. The number of nitrogens with one attached hydrogen (secondary N) is 1. The van der Waals surface area contributed by atoms with Crippen molar-refractivity contribution >= 4 is 18.3 Å². The number of halogens is 1. The molecule has 1 aromatic carbocycles. The van der Waals surface area contributed by atoms with Gasteiger partial charge in [-0.05, 0) is 35.4 Å². The maximum atomic E-state index is 12.5. The molecular weight excluding hydrogens is 272 g/mol. The Hall–Kier alpha value is -1.06. The molecule has 2 atom stereocenters. The van der Waals surface area contributed by atoms with Gasteiger partial charge in [-0.15, -0.1) is 12.4 Å². The van der Waals surface area contributed by atoms with Crippen molar-refractivity contribution < 1.29 is 4.79 Å². The van der Waals surface area contributed by atoms with Gasteiger partial charge >= 0.3 is 0 Å². The number of hydrogen-bond acceptors (Lipinski definition) is 2. The molecule has 2 fully saturated rings. The summed E-state index contributed by atoms with van der Waals surface area (Å²) in [5, 5.41) is 3.41. The van der Waals surface area contributed by atoms with Gasteiger partial charge in [0, 0.05) is 31.7 Å². The Morgan fingerprint density at radius 1 is 1.15 bits per heavy atom. The molecule has 0 aliphatic carbocycles. The third kappa shape index (κ3) is 2.84. The number of hydrogen-bond donors (Lipinski definition) is 1. The molecule has 4 heteroatoms. The van der Waals surface area contributed by atoms with Crippen molar-refractivity contribution in [1.82, 2.24) is 10.2 Å². The van der Waals surface area contributed by atoms with Gasteiger partial charge in [0.15, 0.2) is 0 Å². The van der Waals surface area contributed by atoms with Gasteiger partial charge in [-0.1, -0.05) is 26.0 Å². The van der Waals surface area contributed by atoms with Crippen LogP contribution < -0.4 is 5.32 Å². The van der Waals surface area contributed by atoms with Gasteiger partial charge in [0.1, 0.15) is 0 Å². The zero-order valence-electron chi connectivity index (χ0n) is 12.1. The van der Waals surface area contributed by atoms with Crippen LogP contribution in [0.3, 0.4) is 0 Å². The molecule has 2 saturated heterocycles. The van der Waals surface area contributed by atoms with E-state index in [1.807, 2.05) is 17.0 Å². The Kier molecular flexibility index (Phi) is 4.71. The molecule has 1 aromatic rings. The molecule has 3 nitrogen and oxygen atoms in total. The molecule has 3 rings (SSSR count). The first-order valence-corrected chi connectivity index (χ1v) is 7.25. The number of fused-ring (bicyclic) bond motifs is 1. The van der Waals surface area contributed by atoms with Crippen molar-refractivity contribution in [2.45, 2.75) is 19.8 Å². The number of carbonyl (C=O) groups excluding carboxylic acids is 1. The van der Waals surface area contributed by atoms with Crippen LogP contribution in [0.25, 0.3) is 0 Å². The first-order valence-electron chi connectivity index (χ1n) is 7.25. The Balaban J connectivity index is 0.00000147. The molecule has 1 amide bonds. The Bertz CT molecular complexity index is 460. The van der Waals surface area contributed by atoms with E-state index >= 15 is 0 Å². The normalized spacial score (nSPS) is 24.6. The molecule has 1 N–H and O–H groups in total. The standard InChI is InChI=1S/C16H22N2O.ClH/c1-11(2)12-3-5-13(6-4-12)16(19)18-9-14-7-17-8-15(14)10-18;/h3-6,11,14-15,17H,7-10H2,1-2H3;1H/t14-,15+;. The van der Waals surface area contributed by atoms with Crippen molar-refractivity contribution in [2.75, 3.05) is 26.2 Å². The summed E-state index contributed by atoms with van der Waals surface area (Å²) in [5.74, 6) is 2.05. The summed E-state index contributed by atoms with van der Waals surface area (Å²) in [6.07, 6.45) is 0. The van der Waals surface area contributed by atoms with Crippen molar-refractivity contribution in [3.8, 4) is 0 Å². The van der Waals surface area contributed by atoms with Crippen molar-refractivity contribution in [3.63, 3.8) is 0 Å². The molecule has 20 heavy (non-hydrogen) atoms. The van der Waals surface area contributed by atoms with Crippen LogP contribution in [0, 0.1) is 11.8 Å². The minimum atomic E-state index is 0. The maximum absolute atomic E-state index is 12.5. The Labute approximate surface area is 127 Å². The lowest BCUT2D eigenvalue weighted by molar-refractivity contribution is 0.0781. The molecule has 110 valence electrons. The lowest BCUT2D eigenvalue weighted by Crippen LogP contribution is -2.31. The summed E-state index contributed by atoms with van der Waals surface area (Å²) < 4.78 is 0. The maximum Gasteiger partial charge on any atom is 0.253 e. The van der Waals surface area contributed by atoms with E-state index in [4.69, 9.17) is 0 Å². The number of amides is 1. The topological polar surface area (TPSA) is 32.3 Å². The van der Waals surface area contributed by atoms with Crippen molar-refractivity contribution in [2.24, 2.45) is 11.8 Å². The molecule has 0 aromatic heterocycles. The van der Waals surface area contributed by atoms with E-state index in [2.05, 4.69) is 31.3 Å². The summed E-state index contributed by atoms with van der Waals surface area (Å²) in [4.78, 5) is 14.5. The minimum absolute atomic E-state index is 0. The molecule has 0 spiro atoms. The first-order chi connectivity index (χ1) is 9.15. The monoisotopic (exact) mass is 294 g/mol. The van der Waals surface area contributed by atoms with Gasteiger partial charge < -0.3 is 10.2 Å². The lowest BCUT2D eigenvalue weighted by atomic mass is 10.0. The van der Waals surface area contributed by atoms with Gasteiger partial charge in [-0.3, -0.25) is 4.79 Å². The number of nitrogens with zero attached hydrogens (tertiary/aromatic N) is 1. The van der Waals surface area contributed by atoms with E-state index in [1.54, 1.807) is 0 Å². The van der Waals surface area contributed by atoms with E-state index in [0.29, 0.717) is 17.8 Å². The number of carbonyl (C=O) groups is 1. The largest absolute Gasteiger partial charge is 0.338 e. The van der Waals surface area contributed by atoms with Gasteiger partial charge in [0.2, 0.25) is 0 Å². The third-order valence-corrected chi connectivity index (χ3v) is 4.50. The quantitative estimate of drug-likeness (QED) is 0.909. The summed E-state index contributed by atoms with van der Waals surface area (Å²) in [6, 6.07) is 8.11. The summed E-state index contributed by atoms with van der Waals surface area (Å²) in [6.45, 7) is 8.32. The van der Waals surface area contributed by atoms with Gasteiger partial charge in [-0.2, -0.15) is 0 Å². The lowest BCUT2D eigenvalue weighted by Gasteiger charge is -2.18. The van der Waals surface area contributed by atoms with Crippen LogP contribution in [-0.4, -0.2) is 37.0 Å². The molecule has 0 saturated carbocycles. The van der Waals surface area contributed by atoms with Crippen LogP contribution in [-0.2, 0) is 0 Å². The van der Waals surface area contributed by atoms with Crippen molar-refractivity contribution in [3.05, 3.63) is 35.4 Å². The number of benzene rings is 1. The predicted octanol–water partition coefficient (Wildman–Crippen LogP) is 2.52. The summed E-state index contributed by atoms with van der Waals surface area (Å²) in [7, 11) is 0. The van der Waals surface area contributed by atoms with Crippen LogP contribution in [0.1, 0.15) is 35.7 Å². The number of rotatable bonds is 2. The van der Waals surface area contributed by atoms with Crippen LogP contribution in [0.4, 0.5) is 0 Å². The summed E-state index contributed by atoms with van der Waals surface area (Å²) >= 11 is 0. The fourth-order valence-corrected chi connectivity index (χ4v) is 3.21. The first kappa shape index (κ1) is 15.3. The number of likely N-dealkylation sites (tertiary alicyclic amines) is 1. The fourth-order valence-electron chi connectivity index (χ4n) is 3.21. The van der Waals surface area contributed by atoms with Crippen LogP contribution >= 0.6 is 12.4 Å². The molecule has 0 bridgehead atoms. The van der Waals surface area contributed by atoms with Crippen LogP contribution in [0.2, 0.25) is 0 Å². The SMILES string of the molecule is CC(C)c1ccc(C(=O)N2C[C@H]3CNC[C@H]3C2)cc1.Cl. The summed E-state index contributed by atoms with van der Waals surface area (Å²) in [5.41, 5.74) is 2.12. The van der Waals surface area contributed by atoms with E-state index in [0.717, 1.165) is 31.7 Å². The second kappa shape index (κ2) is 6.15. The van der Waals surface area contributed by atoms with E-state index in [9.17, 15) is 4.79 Å². The second-order valence-corrected chi connectivity index (χ2v) is 6.17. The van der Waals surface area contributed by atoms with Crippen molar-refractivity contribution in [1.29, 1.82) is 0 Å². The zero-order valence-corrected chi connectivity index (χ0v) is 13.0. The molecule has 0 radical (unpaired) electrons. The highest BCUT2D eigenvalue weighted by Gasteiger charge is 2.38. The molecule has 0 unspecified atom stereocenters. The molecular formula is C16H23ClN2O. The predicted molar refractivity (Wildman–Crippen MR) is 83.5 cm³/mol. The zero-order chi connectivity index (χ0) is 13.4. The average Bonchev–Trinajstić information content (AvgIpc) is 2.98. The van der Waals surface area contributed by atoms with Crippen LogP contribution in [0.5, 0.6) is 0 Å². The molecule has 2 aliphatic rings. The second-order valence-electron chi connectivity index (χ2n) is 6.17. The highest BCUT2D eigenvalue weighted by atomic mass is 35.5. The smallest absolute Gasteiger partial charge is 0.253 e. The fraction of sp³-hybridized carbons (Fsp3) is 0.562. The van der Waals surface area contributed by atoms with Gasteiger partial charge in [-0.25, -0.2) is 0 Å². The average molecular weight is 295 g/mol. The van der Waals surface area contributed by atoms with E-state index in [1.165, 1.54) is 5.56 Å². The Morgan fingerprint density at radius 2 is 1.70 bits per heavy atom. The van der Waals surface area contributed by atoms with Gasteiger partial charge in [0.25, 0.3) is 5.91 Å². The highest BCUT2D eigenvalue weighted by molar-refractivity contribution is 5.94. The molecule has 2 heterocycles. The van der Waals surface area contributed by atoms with Crippen LogP contribution in [0.15, 0.2) is 24.3 Å². The van der Waals surface area contributed by atoms with Gasteiger partial charge in [0.05, 0.1) is 0 Å². The van der Waals surface area contributed by atoms with E-state index < -0.39 is 0 Å². The minimum Gasteiger partial charge on any atom is -0.338 e. The molecule has 2 aliphatic heterocycles. The highest BCUT2D eigenvalue weighted by Crippen LogP contribution is 2.27. The van der Waals surface area contributed by atoms with E-state index in [-0.39, 0.29) is 18.3 Å². The Morgan fingerprint density at radius 3 is 2.20 bits per heavy atom.